The fourth-order valence-electron chi connectivity index (χ4n) is 2.98. The first-order valence-corrected chi connectivity index (χ1v) is 6.52. The summed E-state index contributed by atoms with van der Waals surface area (Å²) in [7, 11) is 3.86. The summed E-state index contributed by atoms with van der Waals surface area (Å²) in [5.41, 5.74) is 3.06. The number of likely N-dealkylation sites (N-methyl/N-ethyl adjacent to an activating group) is 1. The number of methoxy groups -OCH3 is 1. The molecule has 0 heterocycles. The Kier molecular flexibility index (Phi) is 4.19. The van der Waals surface area contributed by atoms with E-state index >= 15 is 0 Å². The number of benzene rings is 1. The molecule has 0 radical (unpaired) electrons. The van der Waals surface area contributed by atoms with Crippen LogP contribution in [-0.2, 0) is 11.2 Å². The van der Waals surface area contributed by atoms with E-state index in [1.807, 2.05) is 0 Å². The van der Waals surface area contributed by atoms with Crippen molar-refractivity contribution in [1.29, 1.82) is 0 Å². The molecule has 17 heavy (non-hydrogen) atoms. The summed E-state index contributed by atoms with van der Waals surface area (Å²) in [4.78, 5) is 0. The molecule has 0 amide bonds. The molecule has 1 aromatic rings. The van der Waals surface area contributed by atoms with Crippen molar-refractivity contribution in [3.05, 3.63) is 35.4 Å². The lowest BCUT2D eigenvalue weighted by molar-refractivity contribution is 0.165. The first kappa shape index (κ1) is 12.6. The van der Waals surface area contributed by atoms with Crippen molar-refractivity contribution in [3.8, 4) is 0 Å². The summed E-state index contributed by atoms with van der Waals surface area (Å²) in [5.74, 6) is 1.33. The molecule has 0 saturated heterocycles. The molecule has 94 valence electrons. The minimum Gasteiger partial charge on any atom is -0.385 e. The van der Waals surface area contributed by atoms with Crippen molar-refractivity contribution in [2.75, 3.05) is 20.8 Å². The van der Waals surface area contributed by atoms with Gasteiger partial charge in [0, 0.05) is 25.7 Å². The van der Waals surface area contributed by atoms with E-state index in [9.17, 15) is 0 Å². The quantitative estimate of drug-likeness (QED) is 0.815. The fourth-order valence-corrected chi connectivity index (χ4v) is 2.98. The van der Waals surface area contributed by atoms with E-state index in [1.165, 1.54) is 17.5 Å². The number of nitrogens with one attached hydrogen (secondary N) is 1. The SMILES string of the molecule is CNC(C(C)CCOC)C1Cc2ccccc21. The van der Waals surface area contributed by atoms with E-state index in [0.717, 1.165) is 13.0 Å². The van der Waals surface area contributed by atoms with Crippen molar-refractivity contribution in [2.24, 2.45) is 5.92 Å². The molecule has 3 unspecified atom stereocenters. The van der Waals surface area contributed by atoms with Gasteiger partial charge in [0.15, 0.2) is 0 Å². The van der Waals surface area contributed by atoms with Crippen LogP contribution in [0.1, 0.15) is 30.4 Å². The highest BCUT2D eigenvalue weighted by atomic mass is 16.5. The molecule has 1 aliphatic carbocycles. The van der Waals surface area contributed by atoms with Crippen LogP contribution >= 0.6 is 0 Å². The molecule has 2 rings (SSSR count). The van der Waals surface area contributed by atoms with Crippen LogP contribution in [0.3, 0.4) is 0 Å². The molecular weight excluding hydrogens is 210 g/mol. The Morgan fingerprint density at radius 1 is 1.41 bits per heavy atom. The zero-order valence-corrected chi connectivity index (χ0v) is 11.1. The molecule has 2 nitrogen and oxygen atoms in total. The van der Waals surface area contributed by atoms with Crippen molar-refractivity contribution in [1.82, 2.24) is 5.32 Å². The number of fused-ring (bicyclic) bond motifs is 1. The molecule has 1 aliphatic rings. The van der Waals surface area contributed by atoms with Gasteiger partial charge >= 0.3 is 0 Å². The second-order valence-corrected chi connectivity index (χ2v) is 5.08. The van der Waals surface area contributed by atoms with Gasteiger partial charge in [-0.25, -0.2) is 0 Å². The molecule has 0 aromatic heterocycles. The summed E-state index contributed by atoms with van der Waals surface area (Å²) in [6.45, 7) is 3.18. The topological polar surface area (TPSA) is 21.3 Å². The maximum Gasteiger partial charge on any atom is 0.0465 e. The Morgan fingerprint density at radius 3 is 2.82 bits per heavy atom. The summed E-state index contributed by atoms with van der Waals surface area (Å²) in [6.07, 6.45) is 2.35. The molecule has 2 heteroatoms. The summed E-state index contributed by atoms with van der Waals surface area (Å²) in [5, 5.41) is 3.50. The van der Waals surface area contributed by atoms with Gasteiger partial charge in [0.2, 0.25) is 0 Å². The summed E-state index contributed by atoms with van der Waals surface area (Å²) < 4.78 is 5.18. The Hall–Kier alpha value is -0.860. The molecule has 3 atom stereocenters. The summed E-state index contributed by atoms with van der Waals surface area (Å²) >= 11 is 0. The van der Waals surface area contributed by atoms with Crippen molar-refractivity contribution >= 4 is 0 Å². The minimum absolute atomic E-state index is 0.569. The highest BCUT2D eigenvalue weighted by molar-refractivity contribution is 5.41. The van der Waals surface area contributed by atoms with Crippen LogP contribution in [0.2, 0.25) is 0 Å². The normalized spacial score (nSPS) is 21.5. The largest absolute Gasteiger partial charge is 0.385 e. The van der Waals surface area contributed by atoms with Gasteiger partial charge < -0.3 is 10.1 Å². The van der Waals surface area contributed by atoms with Gasteiger partial charge in [-0.1, -0.05) is 31.2 Å². The van der Waals surface area contributed by atoms with E-state index in [0.29, 0.717) is 17.9 Å². The Morgan fingerprint density at radius 2 is 2.18 bits per heavy atom. The van der Waals surface area contributed by atoms with Crippen molar-refractivity contribution in [3.63, 3.8) is 0 Å². The summed E-state index contributed by atoms with van der Waals surface area (Å²) in [6, 6.07) is 9.38. The lowest BCUT2D eigenvalue weighted by Gasteiger charge is -2.39. The van der Waals surface area contributed by atoms with E-state index in [-0.39, 0.29) is 0 Å². The predicted molar refractivity (Wildman–Crippen MR) is 71.4 cm³/mol. The van der Waals surface area contributed by atoms with Crippen LogP contribution in [0.15, 0.2) is 24.3 Å². The maximum atomic E-state index is 5.18. The van der Waals surface area contributed by atoms with Crippen LogP contribution in [0.5, 0.6) is 0 Å². The van der Waals surface area contributed by atoms with Gasteiger partial charge in [-0.2, -0.15) is 0 Å². The van der Waals surface area contributed by atoms with Crippen LogP contribution in [0.25, 0.3) is 0 Å². The lowest BCUT2D eigenvalue weighted by Crippen LogP contribution is -2.42. The number of rotatable bonds is 6. The first-order valence-electron chi connectivity index (χ1n) is 6.52. The van der Waals surface area contributed by atoms with Crippen LogP contribution in [0, 0.1) is 5.92 Å². The second kappa shape index (κ2) is 5.65. The first-order chi connectivity index (χ1) is 8.27. The third-order valence-electron chi connectivity index (χ3n) is 4.05. The number of hydrogen-bond acceptors (Lipinski definition) is 2. The Labute approximate surface area is 104 Å². The van der Waals surface area contributed by atoms with Crippen LogP contribution in [0.4, 0.5) is 0 Å². The highest BCUT2D eigenvalue weighted by Crippen LogP contribution is 2.39. The predicted octanol–water partition coefficient (Wildman–Crippen LogP) is 2.59. The van der Waals surface area contributed by atoms with Crippen molar-refractivity contribution in [2.45, 2.75) is 31.7 Å². The number of ether oxygens (including phenoxy) is 1. The average Bonchev–Trinajstić information content (AvgIpc) is 2.33. The van der Waals surface area contributed by atoms with Gasteiger partial charge in [-0.05, 0) is 36.9 Å². The van der Waals surface area contributed by atoms with Gasteiger partial charge in [0.05, 0.1) is 0 Å². The Bertz CT molecular complexity index is 364. The highest BCUT2D eigenvalue weighted by Gasteiger charge is 2.34. The minimum atomic E-state index is 0.569. The van der Waals surface area contributed by atoms with Gasteiger partial charge in [0.1, 0.15) is 0 Å². The van der Waals surface area contributed by atoms with Gasteiger partial charge in [-0.15, -0.1) is 0 Å². The Balaban J connectivity index is 2.01. The zero-order chi connectivity index (χ0) is 12.3. The van der Waals surface area contributed by atoms with E-state index in [1.54, 1.807) is 7.11 Å². The van der Waals surface area contributed by atoms with E-state index in [2.05, 4.69) is 43.6 Å². The van der Waals surface area contributed by atoms with E-state index < -0.39 is 0 Å². The molecule has 1 aromatic carbocycles. The van der Waals surface area contributed by atoms with Gasteiger partial charge in [-0.3, -0.25) is 0 Å². The molecule has 0 saturated carbocycles. The van der Waals surface area contributed by atoms with Gasteiger partial charge in [0.25, 0.3) is 0 Å². The zero-order valence-electron chi connectivity index (χ0n) is 11.1. The molecular formula is C15H23NO. The molecule has 0 fully saturated rings. The maximum absolute atomic E-state index is 5.18. The second-order valence-electron chi connectivity index (χ2n) is 5.08. The number of hydrogen-bond donors (Lipinski definition) is 1. The standard InChI is InChI=1S/C15H23NO/c1-11(8-9-17-3)15(16-2)14-10-12-6-4-5-7-13(12)14/h4-7,11,14-16H,8-10H2,1-3H3. The molecule has 1 N–H and O–H groups in total. The molecule has 0 aliphatic heterocycles. The average molecular weight is 233 g/mol. The third-order valence-corrected chi connectivity index (χ3v) is 4.05. The smallest absolute Gasteiger partial charge is 0.0465 e. The molecule has 0 bridgehead atoms. The van der Waals surface area contributed by atoms with Crippen molar-refractivity contribution < 1.29 is 4.74 Å². The lowest BCUT2D eigenvalue weighted by atomic mass is 9.70. The monoisotopic (exact) mass is 233 g/mol. The van der Waals surface area contributed by atoms with Crippen LogP contribution < -0.4 is 5.32 Å². The van der Waals surface area contributed by atoms with Crippen LogP contribution in [-0.4, -0.2) is 26.8 Å². The molecule has 0 spiro atoms. The fraction of sp³-hybridized carbons (Fsp3) is 0.600. The van der Waals surface area contributed by atoms with E-state index in [4.69, 9.17) is 4.74 Å². The third kappa shape index (κ3) is 2.53.